The molecule has 1 aliphatic heterocycles. The lowest BCUT2D eigenvalue weighted by atomic mass is 10.1. The maximum atomic E-state index is 12.3. The van der Waals surface area contributed by atoms with Crippen LogP contribution in [0.5, 0.6) is 5.75 Å². The van der Waals surface area contributed by atoms with E-state index in [-0.39, 0.29) is 18.6 Å². The van der Waals surface area contributed by atoms with E-state index in [2.05, 4.69) is 10.2 Å². The van der Waals surface area contributed by atoms with Crippen molar-refractivity contribution in [3.8, 4) is 5.75 Å². The minimum atomic E-state index is -0.274. The molecule has 152 valence electrons. The number of amides is 1. The van der Waals surface area contributed by atoms with Crippen LogP contribution in [-0.4, -0.2) is 50.3 Å². The van der Waals surface area contributed by atoms with E-state index in [0.717, 1.165) is 24.6 Å². The molecule has 0 spiro atoms. The lowest BCUT2D eigenvalue weighted by molar-refractivity contribution is -0.123. The number of halogens is 3. The highest BCUT2D eigenvalue weighted by Crippen LogP contribution is 2.33. The molecule has 28 heavy (non-hydrogen) atoms. The summed E-state index contributed by atoms with van der Waals surface area (Å²) >= 11 is 17.9. The van der Waals surface area contributed by atoms with Crippen LogP contribution in [0.15, 0.2) is 28.7 Å². The van der Waals surface area contributed by atoms with Crippen LogP contribution in [0.2, 0.25) is 15.1 Å². The zero-order valence-corrected chi connectivity index (χ0v) is 17.6. The third-order valence-electron chi connectivity index (χ3n) is 4.40. The Bertz CT molecular complexity index is 822. The maximum Gasteiger partial charge on any atom is 0.258 e. The van der Waals surface area contributed by atoms with Crippen LogP contribution >= 0.6 is 34.8 Å². The molecule has 1 fully saturated rings. The average Bonchev–Trinajstić information content (AvgIpc) is 3.10. The summed E-state index contributed by atoms with van der Waals surface area (Å²) in [7, 11) is 0. The van der Waals surface area contributed by atoms with Crippen LogP contribution in [0.3, 0.4) is 0 Å². The van der Waals surface area contributed by atoms with Crippen molar-refractivity contribution in [1.29, 1.82) is 0 Å². The average molecular weight is 448 g/mol. The number of ether oxygens (including phenoxy) is 2. The van der Waals surface area contributed by atoms with E-state index in [9.17, 15) is 4.79 Å². The van der Waals surface area contributed by atoms with E-state index in [1.807, 2.05) is 19.1 Å². The molecule has 1 N–H and O–H groups in total. The molecule has 2 aromatic rings. The van der Waals surface area contributed by atoms with Crippen molar-refractivity contribution in [2.75, 3.05) is 39.5 Å². The molecule has 0 saturated carbocycles. The zero-order valence-electron chi connectivity index (χ0n) is 15.3. The molecule has 1 amide bonds. The minimum Gasteiger partial charge on any atom is -0.482 e. The summed E-state index contributed by atoms with van der Waals surface area (Å²) in [4.78, 5) is 14.5. The van der Waals surface area contributed by atoms with E-state index in [1.54, 1.807) is 0 Å². The number of furan rings is 1. The van der Waals surface area contributed by atoms with Crippen molar-refractivity contribution in [2.24, 2.45) is 0 Å². The molecule has 1 atom stereocenters. The van der Waals surface area contributed by atoms with Gasteiger partial charge in [0.1, 0.15) is 17.3 Å². The van der Waals surface area contributed by atoms with Gasteiger partial charge in [-0.25, -0.2) is 0 Å². The second-order valence-corrected chi connectivity index (χ2v) is 7.62. The first-order chi connectivity index (χ1) is 13.4. The smallest absolute Gasteiger partial charge is 0.258 e. The van der Waals surface area contributed by atoms with Gasteiger partial charge in [0, 0.05) is 25.7 Å². The summed E-state index contributed by atoms with van der Waals surface area (Å²) < 4.78 is 16.7. The molecule has 0 radical (unpaired) electrons. The number of nitrogens with zero attached hydrogens (tertiary/aromatic N) is 1. The molecule has 9 heteroatoms. The highest BCUT2D eigenvalue weighted by atomic mass is 35.5. The number of hydrogen-bond acceptors (Lipinski definition) is 5. The number of nitrogens with one attached hydrogen (secondary N) is 1. The molecule has 6 nitrogen and oxygen atoms in total. The minimum absolute atomic E-state index is 0.0740. The predicted octanol–water partition coefficient (Wildman–Crippen LogP) is 4.12. The number of carbonyl (C=O) groups is 1. The lowest BCUT2D eigenvalue weighted by Crippen LogP contribution is -2.44. The van der Waals surface area contributed by atoms with Gasteiger partial charge in [0.05, 0.1) is 34.3 Å². The Balaban J connectivity index is 1.58. The summed E-state index contributed by atoms with van der Waals surface area (Å²) in [5.74, 6) is 1.67. The largest absolute Gasteiger partial charge is 0.482 e. The van der Waals surface area contributed by atoms with Crippen molar-refractivity contribution < 1.29 is 18.7 Å². The van der Waals surface area contributed by atoms with Crippen LogP contribution in [0.25, 0.3) is 0 Å². The van der Waals surface area contributed by atoms with Gasteiger partial charge in [-0.1, -0.05) is 34.8 Å². The van der Waals surface area contributed by atoms with Crippen LogP contribution in [-0.2, 0) is 9.53 Å². The van der Waals surface area contributed by atoms with Gasteiger partial charge in [0.2, 0.25) is 0 Å². The third kappa shape index (κ3) is 5.55. The highest BCUT2D eigenvalue weighted by Gasteiger charge is 2.25. The standard InChI is InChI=1S/C19H21Cl3N2O4/c1-12-2-3-17(28-12)16(24-4-6-26-7-5-24)10-23-19(25)11-27-18-9-14(21)13(20)8-15(18)22/h2-3,8-9,16H,4-7,10-11H2,1H3,(H,23,25). The van der Waals surface area contributed by atoms with Gasteiger partial charge in [0.25, 0.3) is 5.91 Å². The Hall–Kier alpha value is -1.44. The van der Waals surface area contributed by atoms with E-state index in [0.29, 0.717) is 40.6 Å². The van der Waals surface area contributed by atoms with Gasteiger partial charge in [-0.15, -0.1) is 0 Å². The van der Waals surface area contributed by atoms with Crippen molar-refractivity contribution in [3.05, 3.63) is 50.9 Å². The molecular formula is C19H21Cl3N2O4. The Kier molecular flexibility index (Phi) is 7.48. The fraction of sp³-hybridized carbons (Fsp3) is 0.421. The third-order valence-corrected chi connectivity index (χ3v) is 5.42. The number of rotatable bonds is 7. The molecule has 2 heterocycles. The van der Waals surface area contributed by atoms with Crippen LogP contribution in [0.1, 0.15) is 17.6 Å². The second kappa shape index (κ2) is 9.85. The van der Waals surface area contributed by atoms with Crippen molar-refractivity contribution >= 4 is 40.7 Å². The van der Waals surface area contributed by atoms with E-state index in [4.69, 9.17) is 48.7 Å². The Morgan fingerprint density at radius 3 is 2.57 bits per heavy atom. The monoisotopic (exact) mass is 446 g/mol. The van der Waals surface area contributed by atoms with Crippen molar-refractivity contribution in [1.82, 2.24) is 10.2 Å². The summed E-state index contributed by atoms with van der Waals surface area (Å²) in [6.45, 7) is 4.96. The van der Waals surface area contributed by atoms with Crippen LogP contribution < -0.4 is 10.1 Å². The molecule has 1 aliphatic rings. The van der Waals surface area contributed by atoms with Crippen molar-refractivity contribution in [3.63, 3.8) is 0 Å². The van der Waals surface area contributed by atoms with E-state index >= 15 is 0 Å². The summed E-state index contributed by atoms with van der Waals surface area (Å²) in [6, 6.07) is 6.75. The van der Waals surface area contributed by atoms with E-state index in [1.165, 1.54) is 12.1 Å². The summed E-state index contributed by atoms with van der Waals surface area (Å²) in [6.07, 6.45) is 0. The maximum absolute atomic E-state index is 12.3. The first kappa shape index (κ1) is 21.3. The number of benzene rings is 1. The fourth-order valence-corrected chi connectivity index (χ4v) is 3.54. The molecule has 1 aromatic heterocycles. The second-order valence-electron chi connectivity index (χ2n) is 6.40. The van der Waals surface area contributed by atoms with Gasteiger partial charge in [-0.05, 0) is 25.1 Å². The molecular weight excluding hydrogens is 427 g/mol. The van der Waals surface area contributed by atoms with Crippen molar-refractivity contribution in [2.45, 2.75) is 13.0 Å². The van der Waals surface area contributed by atoms with Gasteiger partial charge >= 0.3 is 0 Å². The summed E-state index contributed by atoms with van der Waals surface area (Å²) in [5.41, 5.74) is 0. The van der Waals surface area contributed by atoms with Gasteiger partial charge in [0.15, 0.2) is 6.61 Å². The Morgan fingerprint density at radius 2 is 1.89 bits per heavy atom. The van der Waals surface area contributed by atoms with Gasteiger partial charge < -0.3 is 19.2 Å². The number of hydrogen-bond donors (Lipinski definition) is 1. The molecule has 1 saturated heterocycles. The number of morpholine rings is 1. The SMILES string of the molecule is Cc1ccc(C(CNC(=O)COc2cc(Cl)c(Cl)cc2Cl)N2CCOCC2)o1. The zero-order chi connectivity index (χ0) is 20.1. The highest BCUT2D eigenvalue weighted by molar-refractivity contribution is 6.43. The molecule has 1 aromatic carbocycles. The first-order valence-electron chi connectivity index (χ1n) is 8.86. The fourth-order valence-electron chi connectivity index (χ4n) is 2.95. The first-order valence-corrected chi connectivity index (χ1v) is 9.99. The molecule has 0 aliphatic carbocycles. The normalized spacial score (nSPS) is 16.0. The van der Waals surface area contributed by atoms with Gasteiger partial charge in [-0.3, -0.25) is 9.69 Å². The number of aryl methyl sites for hydroxylation is 1. The van der Waals surface area contributed by atoms with E-state index < -0.39 is 0 Å². The molecule has 3 rings (SSSR count). The summed E-state index contributed by atoms with van der Waals surface area (Å²) in [5, 5.41) is 3.82. The van der Waals surface area contributed by atoms with Gasteiger partial charge in [-0.2, -0.15) is 0 Å². The lowest BCUT2D eigenvalue weighted by Gasteiger charge is -2.33. The molecule has 0 bridgehead atoms. The Morgan fingerprint density at radius 1 is 1.18 bits per heavy atom. The Labute approximate surface area is 178 Å². The predicted molar refractivity (Wildman–Crippen MR) is 109 cm³/mol. The quantitative estimate of drug-likeness (QED) is 0.647. The number of carbonyl (C=O) groups excluding carboxylic acids is 1. The van der Waals surface area contributed by atoms with Crippen LogP contribution in [0.4, 0.5) is 0 Å². The van der Waals surface area contributed by atoms with Crippen LogP contribution in [0, 0.1) is 6.92 Å². The topological polar surface area (TPSA) is 63.9 Å². The molecule has 1 unspecified atom stereocenters.